The molecule has 6 heteroatoms. The molecule has 22 heavy (non-hydrogen) atoms. The van der Waals surface area contributed by atoms with Gasteiger partial charge in [-0.25, -0.2) is 0 Å². The third-order valence-corrected chi connectivity index (χ3v) is 3.88. The average Bonchev–Trinajstić information content (AvgIpc) is 2.97. The van der Waals surface area contributed by atoms with E-state index in [0.29, 0.717) is 6.61 Å². The van der Waals surface area contributed by atoms with Crippen LogP contribution in [0, 0.1) is 0 Å². The van der Waals surface area contributed by atoms with Crippen molar-refractivity contribution in [2.75, 3.05) is 6.61 Å². The highest BCUT2D eigenvalue weighted by Gasteiger charge is 2.56. The van der Waals surface area contributed by atoms with Crippen LogP contribution in [0.1, 0.15) is 19.4 Å². The van der Waals surface area contributed by atoms with Gasteiger partial charge in [-0.1, -0.05) is 30.3 Å². The van der Waals surface area contributed by atoms with Gasteiger partial charge in [0.1, 0.15) is 24.4 Å². The van der Waals surface area contributed by atoms with E-state index in [-0.39, 0.29) is 0 Å². The Morgan fingerprint density at radius 3 is 2.64 bits per heavy atom. The van der Waals surface area contributed by atoms with Gasteiger partial charge in [0.25, 0.3) is 0 Å². The van der Waals surface area contributed by atoms with Crippen LogP contribution in [0.2, 0.25) is 0 Å². The molecule has 6 nitrogen and oxygen atoms in total. The zero-order chi connectivity index (χ0) is 15.7. The molecular weight excluding hydrogens is 288 g/mol. The quantitative estimate of drug-likeness (QED) is 0.838. The molecular formula is C16H22O6. The molecule has 0 aliphatic carbocycles. The molecule has 122 valence electrons. The van der Waals surface area contributed by atoms with Crippen molar-refractivity contribution in [2.45, 2.75) is 56.9 Å². The highest BCUT2D eigenvalue weighted by molar-refractivity contribution is 5.13. The van der Waals surface area contributed by atoms with E-state index in [2.05, 4.69) is 0 Å². The Morgan fingerprint density at radius 2 is 1.95 bits per heavy atom. The SMILES string of the molecule is CC1(C)O[C@H]2O[C@H]([C@@H](O)CO)[C@H](OCc3ccccc3)[C@H]2O1. The number of hydrogen-bond donors (Lipinski definition) is 2. The zero-order valence-electron chi connectivity index (χ0n) is 12.7. The molecule has 0 unspecified atom stereocenters. The van der Waals surface area contributed by atoms with Crippen LogP contribution >= 0.6 is 0 Å². The molecule has 2 heterocycles. The first-order valence-electron chi connectivity index (χ1n) is 7.46. The Kier molecular flexibility index (Phi) is 4.49. The van der Waals surface area contributed by atoms with Crippen molar-refractivity contribution in [1.29, 1.82) is 0 Å². The number of hydrogen-bond acceptors (Lipinski definition) is 6. The molecule has 1 aromatic carbocycles. The van der Waals surface area contributed by atoms with E-state index in [1.165, 1.54) is 0 Å². The van der Waals surface area contributed by atoms with Crippen LogP contribution < -0.4 is 0 Å². The van der Waals surface area contributed by atoms with Gasteiger partial charge >= 0.3 is 0 Å². The zero-order valence-corrected chi connectivity index (χ0v) is 12.7. The maximum Gasteiger partial charge on any atom is 0.190 e. The first kappa shape index (κ1) is 15.9. The van der Waals surface area contributed by atoms with Gasteiger partial charge in [-0.05, 0) is 19.4 Å². The molecule has 0 radical (unpaired) electrons. The largest absolute Gasteiger partial charge is 0.394 e. The van der Waals surface area contributed by atoms with E-state index in [1.807, 2.05) is 30.3 Å². The lowest BCUT2D eigenvalue weighted by atomic mass is 10.1. The Morgan fingerprint density at radius 1 is 1.23 bits per heavy atom. The van der Waals surface area contributed by atoms with Crippen LogP contribution in [-0.4, -0.2) is 53.3 Å². The second-order valence-corrected chi connectivity index (χ2v) is 6.08. The summed E-state index contributed by atoms with van der Waals surface area (Å²) in [6, 6.07) is 9.73. The van der Waals surface area contributed by atoms with Crippen LogP contribution in [-0.2, 0) is 25.6 Å². The summed E-state index contributed by atoms with van der Waals surface area (Å²) in [5, 5.41) is 19.1. The van der Waals surface area contributed by atoms with E-state index in [4.69, 9.17) is 18.9 Å². The molecule has 2 N–H and O–H groups in total. The van der Waals surface area contributed by atoms with Gasteiger partial charge in [0.2, 0.25) is 0 Å². The predicted octanol–water partition coefficient (Wildman–Crippen LogP) is 0.801. The minimum atomic E-state index is -1.04. The van der Waals surface area contributed by atoms with E-state index in [9.17, 15) is 10.2 Å². The standard InChI is InChI=1S/C16H22O6/c1-16(2)21-14-13(19-9-10-6-4-3-5-7-10)12(11(18)8-17)20-15(14)22-16/h3-7,11-15,17-18H,8-9H2,1-2H3/t11-,12+,13-,14+,15+/m0/s1. The van der Waals surface area contributed by atoms with Gasteiger partial charge in [0.05, 0.1) is 13.2 Å². The molecule has 5 atom stereocenters. The molecule has 0 amide bonds. The van der Waals surface area contributed by atoms with E-state index in [0.717, 1.165) is 5.56 Å². The van der Waals surface area contributed by atoms with Gasteiger partial charge < -0.3 is 29.2 Å². The van der Waals surface area contributed by atoms with Crippen molar-refractivity contribution >= 4 is 0 Å². The van der Waals surface area contributed by atoms with E-state index >= 15 is 0 Å². The molecule has 0 spiro atoms. The van der Waals surface area contributed by atoms with E-state index < -0.39 is 43.1 Å². The topological polar surface area (TPSA) is 77.4 Å². The van der Waals surface area contributed by atoms with Crippen LogP contribution in [0.5, 0.6) is 0 Å². The summed E-state index contributed by atoms with van der Waals surface area (Å²) in [5.41, 5.74) is 1.02. The number of aliphatic hydroxyl groups excluding tert-OH is 2. The van der Waals surface area contributed by atoms with Gasteiger partial charge in [-0.2, -0.15) is 0 Å². The number of fused-ring (bicyclic) bond motifs is 1. The Labute approximate surface area is 129 Å². The predicted molar refractivity (Wildman–Crippen MR) is 76.8 cm³/mol. The molecule has 2 aliphatic heterocycles. The summed E-state index contributed by atoms with van der Waals surface area (Å²) >= 11 is 0. The summed E-state index contributed by atoms with van der Waals surface area (Å²) in [7, 11) is 0. The maximum atomic E-state index is 9.94. The van der Waals surface area contributed by atoms with Crippen LogP contribution in [0.25, 0.3) is 0 Å². The molecule has 0 aromatic heterocycles. The highest BCUT2D eigenvalue weighted by atomic mass is 16.8. The minimum absolute atomic E-state index is 0.372. The molecule has 2 aliphatic rings. The molecule has 1 aromatic rings. The second-order valence-electron chi connectivity index (χ2n) is 6.08. The average molecular weight is 310 g/mol. The highest BCUT2D eigenvalue weighted by Crippen LogP contribution is 2.39. The van der Waals surface area contributed by atoms with Crippen molar-refractivity contribution in [3.05, 3.63) is 35.9 Å². The molecule has 0 bridgehead atoms. The van der Waals surface area contributed by atoms with Crippen molar-refractivity contribution in [2.24, 2.45) is 0 Å². The normalized spacial score (nSPS) is 34.5. The summed E-state index contributed by atoms with van der Waals surface area (Å²) in [6.45, 7) is 3.58. The monoisotopic (exact) mass is 310 g/mol. The lowest BCUT2D eigenvalue weighted by Crippen LogP contribution is -2.44. The second kappa shape index (κ2) is 6.23. The number of aliphatic hydroxyl groups is 2. The Balaban J connectivity index is 1.71. The summed E-state index contributed by atoms with van der Waals surface area (Å²) < 4.78 is 23.1. The van der Waals surface area contributed by atoms with Crippen molar-refractivity contribution in [1.82, 2.24) is 0 Å². The molecule has 2 fully saturated rings. The molecule has 0 saturated carbocycles. The van der Waals surface area contributed by atoms with Gasteiger partial charge in [0.15, 0.2) is 12.1 Å². The van der Waals surface area contributed by atoms with Gasteiger partial charge in [0, 0.05) is 0 Å². The first-order valence-corrected chi connectivity index (χ1v) is 7.46. The van der Waals surface area contributed by atoms with E-state index in [1.54, 1.807) is 13.8 Å². The number of ether oxygens (including phenoxy) is 4. The first-order chi connectivity index (χ1) is 10.5. The van der Waals surface area contributed by atoms with Crippen molar-refractivity contribution in [3.63, 3.8) is 0 Å². The van der Waals surface area contributed by atoms with Crippen molar-refractivity contribution in [3.8, 4) is 0 Å². The van der Waals surface area contributed by atoms with Gasteiger partial charge in [-0.15, -0.1) is 0 Å². The van der Waals surface area contributed by atoms with Crippen molar-refractivity contribution < 1.29 is 29.2 Å². The van der Waals surface area contributed by atoms with Crippen LogP contribution in [0.4, 0.5) is 0 Å². The Bertz CT molecular complexity index is 491. The lowest BCUT2D eigenvalue weighted by Gasteiger charge is -2.28. The molecule has 3 rings (SSSR count). The molecule has 2 saturated heterocycles. The fourth-order valence-corrected chi connectivity index (χ4v) is 2.87. The fraction of sp³-hybridized carbons (Fsp3) is 0.625. The van der Waals surface area contributed by atoms with Crippen LogP contribution in [0.15, 0.2) is 30.3 Å². The Hall–Kier alpha value is -1.02. The number of rotatable bonds is 5. The summed E-state index contributed by atoms with van der Waals surface area (Å²) in [4.78, 5) is 0. The van der Waals surface area contributed by atoms with Crippen LogP contribution in [0.3, 0.4) is 0 Å². The number of benzene rings is 1. The summed E-state index contributed by atoms with van der Waals surface area (Å²) in [6.07, 6.45) is -3.25. The third-order valence-electron chi connectivity index (χ3n) is 3.88. The minimum Gasteiger partial charge on any atom is -0.394 e. The van der Waals surface area contributed by atoms with Gasteiger partial charge in [-0.3, -0.25) is 0 Å². The maximum absolute atomic E-state index is 9.94. The fourth-order valence-electron chi connectivity index (χ4n) is 2.87. The smallest absolute Gasteiger partial charge is 0.190 e. The summed E-state index contributed by atoms with van der Waals surface area (Å²) in [5.74, 6) is -0.751. The third kappa shape index (κ3) is 3.17. The lowest BCUT2D eigenvalue weighted by molar-refractivity contribution is -0.232.